The van der Waals surface area contributed by atoms with Crippen molar-refractivity contribution in [2.75, 3.05) is 52.9 Å². The average molecular weight is 1600 g/mol. The number of ether oxygens (including phenoxy) is 4. The number of aliphatic hydroxyl groups excluding tert-OH is 8. The lowest BCUT2D eigenvalue weighted by molar-refractivity contribution is -0.148. The van der Waals surface area contributed by atoms with E-state index in [9.17, 15) is 24.3 Å². The highest BCUT2D eigenvalue weighted by Crippen LogP contribution is 2.09. The highest BCUT2D eigenvalue weighted by Gasteiger charge is 2.10. The number of hydrogen-bond acceptors (Lipinski definition) is 16. The maximum atomic E-state index is 11.5. The van der Waals surface area contributed by atoms with Gasteiger partial charge in [0.2, 0.25) is 0 Å². The zero-order valence-corrected chi connectivity index (χ0v) is 71.2. The Bertz CT molecular complexity index is 2840. The molecule has 0 radical (unpaired) electrons. The van der Waals surface area contributed by atoms with Crippen molar-refractivity contribution in [1.29, 1.82) is 0 Å². The van der Waals surface area contributed by atoms with Crippen LogP contribution in [0.2, 0.25) is 0 Å². The molecular formula is C99H156O16. The molecule has 648 valence electrons. The predicted octanol–water partition coefficient (Wildman–Crippen LogP) is 21.7. The lowest BCUT2D eigenvalue weighted by Crippen LogP contribution is -2.21. The van der Waals surface area contributed by atoms with Gasteiger partial charge in [0.05, 0.1) is 25.9 Å². The number of unbranched alkanes of at least 4 members (excludes halogenated alkanes) is 7. The molecule has 8 N–H and O–H groups in total. The normalized spacial score (nSPS) is 13.7. The van der Waals surface area contributed by atoms with Crippen LogP contribution < -0.4 is 0 Å². The molecule has 0 saturated carbocycles. The monoisotopic (exact) mass is 1600 g/mol. The van der Waals surface area contributed by atoms with Gasteiger partial charge < -0.3 is 59.8 Å². The summed E-state index contributed by atoms with van der Waals surface area (Å²) in [6, 6.07) is 0. The second-order valence-corrected chi connectivity index (χ2v) is 26.6. The number of rotatable bonds is 70. The van der Waals surface area contributed by atoms with Gasteiger partial charge in [-0.2, -0.15) is 0 Å². The van der Waals surface area contributed by atoms with E-state index in [0.717, 1.165) is 167 Å². The smallest absolute Gasteiger partial charge is 0.306 e. The molecule has 0 amide bonds. The lowest BCUT2D eigenvalue weighted by atomic mass is 10.1. The standard InChI is InChI=1S/2C25H40O4.C25H38O4.C24H38O4/c3*1-2-3-4-5-6-7-8-9-10-11-12-13-14-15-16-17-18-19-20-21-25(28)29-23-24(27)22-26;1-2-3-4-5-6-7-8-9-10-11-12-13-14-15-16-17-18-19-24(27)28-22-23(26)20-21-25/h6-7,9-10,12-13,15-16,18-19,24,26-27H,2-5,8,11,14,17,20-23H2,1H3;3-4,6-7,9-10,12-13,15-16,24,26-27H,2,5,8,11,14,17-23H2,1H3;3-4,6-7,9-10,12-13,15-16,18-19,24,26-27H,2,5,8,11,14,17,20-23H2,1H3;3-4,6-7,9-10,12-13,15-16,23,25-26H,2,5,8,11,14,17-22H2,1H3/b7-6-,10-9-,13-12-,16-15-,19-18-;4-3-,7-6-,10-9-,13-12-,16-15-;4-3-,7-6-,10-9-,13-12-,16-15-,19-18-;4-3-,7-6-,10-9-,13-12-,16-15-. The summed E-state index contributed by atoms with van der Waals surface area (Å²) in [6.07, 6.45) is 120. The van der Waals surface area contributed by atoms with Gasteiger partial charge in [0.15, 0.2) is 0 Å². The third-order valence-electron chi connectivity index (χ3n) is 15.7. The van der Waals surface area contributed by atoms with E-state index in [2.05, 4.69) is 259 Å². The Morgan fingerprint density at radius 2 is 0.426 bits per heavy atom. The maximum absolute atomic E-state index is 11.5. The summed E-state index contributed by atoms with van der Waals surface area (Å²) in [5.41, 5.74) is 0. The van der Waals surface area contributed by atoms with Crippen molar-refractivity contribution < 1.29 is 79.0 Å². The van der Waals surface area contributed by atoms with Crippen LogP contribution in [0.25, 0.3) is 0 Å². The van der Waals surface area contributed by atoms with E-state index in [4.69, 9.17) is 54.7 Å². The van der Waals surface area contributed by atoms with Gasteiger partial charge in [0, 0.05) is 32.3 Å². The molecule has 16 heteroatoms. The first-order valence-electron chi connectivity index (χ1n) is 42.7. The number of carbonyl (C=O) groups is 4. The molecule has 4 unspecified atom stereocenters. The second-order valence-electron chi connectivity index (χ2n) is 26.6. The van der Waals surface area contributed by atoms with Crippen LogP contribution in [0.4, 0.5) is 0 Å². The number of esters is 4. The Morgan fingerprint density at radius 3 is 0.661 bits per heavy atom. The van der Waals surface area contributed by atoms with Gasteiger partial charge >= 0.3 is 23.9 Å². The topological polar surface area (TPSA) is 267 Å². The number of hydrogen-bond donors (Lipinski definition) is 8. The van der Waals surface area contributed by atoms with E-state index < -0.39 is 37.6 Å². The van der Waals surface area contributed by atoms with Gasteiger partial charge in [0.25, 0.3) is 0 Å². The van der Waals surface area contributed by atoms with Crippen molar-refractivity contribution in [1.82, 2.24) is 0 Å². The average Bonchev–Trinajstić information content (AvgIpc) is 1.07. The molecule has 0 aromatic heterocycles. The number of aliphatic hydroxyl groups is 8. The van der Waals surface area contributed by atoms with Crippen LogP contribution in [0.15, 0.2) is 255 Å². The van der Waals surface area contributed by atoms with Crippen LogP contribution in [-0.2, 0) is 38.1 Å². The first-order chi connectivity index (χ1) is 56.3. The molecule has 0 aliphatic rings. The summed E-state index contributed by atoms with van der Waals surface area (Å²) < 4.78 is 19.4. The molecule has 0 fully saturated rings. The molecule has 0 aliphatic heterocycles. The first-order valence-corrected chi connectivity index (χ1v) is 42.7. The van der Waals surface area contributed by atoms with Crippen LogP contribution in [-0.4, -0.2) is 142 Å². The van der Waals surface area contributed by atoms with Crippen molar-refractivity contribution in [3.63, 3.8) is 0 Å². The van der Waals surface area contributed by atoms with E-state index >= 15 is 0 Å². The summed E-state index contributed by atoms with van der Waals surface area (Å²) in [5.74, 6) is -1.34. The molecule has 4 atom stereocenters. The van der Waals surface area contributed by atoms with E-state index in [1.54, 1.807) is 0 Å². The minimum atomic E-state index is -0.996. The Labute approximate surface area is 696 Å². The zero-order valence-electron chi connectivity index (χ0n) is 71.2. The van der Waals surface area contributed by atoms with Crippen molar-refractivity contribution in [3.05, 3.63) is 255 Å². The van der Waals surface area contributed by atoms with Gasteiger partial charge in [-0.25, -0.2) is 0 Å². The molecule has 0 heterocycles. The van der Waals surface area contributed by atoms with Crippen molar-refractivity contribution >= 4 is 23.9 Å². The highest BCUT2D eigenvalue weighted by molar-refractivity contribution is 5.70. The van der Waals surface area contributed by atoms with Crippen LogP contribution in [0.1, 0.15) is 265 Å². The summed E-state index contributed by atoms with van der Waals surface area (Å²) in [6.45, 7) is 6.89. The fourth-order valence-corrected chi connectivity index (χ4v) is 9.12. The Balaban J connectivity index is -0.000000714. The molecule has 0 rings (SSSR count). The molecule has 0 aromatic rings. The Hall–Kier alpha value is -7.90. The quantitative estimate of drug-likeness (QED) is 0.0122. The van der Waals surface area contributed by atoms with Crippen LogP contribution in [0.3, 0.4) is 0 Å². The van der Waals surface area contributed by atoms with Gasteiger partial charge in [0.1, 0.15) is 44.7 Å². The van der Waals surface area contributed by atoms with Crippen molar-refractivity contribution in [3.8, 4) is 0 Å². The summed E-state index contributed by atoms with van der Waals surface area (Å²) in [4.78, 5) is 45.6. The van der Waals surface area contributed by atoms with E-state index in [-0.39, 0.29) is 82.8 Å². The van der Waals surface area contributed by atoms with E-state index in [0.29, 0.717) is 25.7 Å². The first kappa shape index (κ1) is 113. The molecule has 0 bridgehead atoms. The van der Waals surface area contributed by atoms with Gasteiger partial charge in [-0.15, -0.1) is 0 Å². The maximum Gasteiger partial charge on any atom is 0.306 e. The molecule has 0 aliphatic carbocycles. The van der Waals surface area contributed by atoms with Gasteiger partial charge in [-0.1, -0.05) is 302 Å². The van der Waals surface area contributed by atoms with Gasteiger partial charge in [-0.3, -0.25) is 19.2 Å². The van der Waals surface area contributed by atoms with Crippen molar-refractivity contribution in [2.45, 2.75) is 290 Å². The highest BCUT2D eigenvalue weighted by atomic mass is 16.6. The molecule has 0 aromatic carbocycles. The van der Waals surface area contributed by atoms with Crippen LogP contribution in [0.5, 0.6) is 0 Å². The fourth-order valence-electron chi connectivity index (χ4n) is 9.12. The molecule has 115 heavy (non-hydrogen) atoms. The molecule has 0 spiro atoms. The van der Waals surface area contributed by atoms with Crippen LogP contribution in [0, 0.1) is 0 Å². The third kappa shape index (κ3) is 108. The Morgan fingerprint density at radius 1 is 0.226 bits per heavy atom. The summed E-state index contributed by atoms with van der Waals surface area (Å²) >= 11 is 0. The lowest BCUT2D eigenvalue weighted by Gasteiger charge is -2.09. The predicted molar refractivity (Wildman–Crippen MR) is 482 cm³/mol. The number of carbonyl (C=O) groups excluding carboxylic acids is 4. The van der Waals surface area contributed by atoms with Crippen molar-refractivity contribution in [2.24, 2.45) is 0 Å². The largest absolute Gasteiger partial charge is 0.463 e. The minimum Gasteiger partial charge on any atom is -0.463 e. The SMILES string of the molecule is CC/C=C\C/C=C\C/C=C\C/C=C\C/C=C\C/C=C\CCC(=O)OCC(O)CO.CC/C=C\C/C=C\C/C=C\C/C=C\C/C=C\CCCC(=O)OCC(O)CCO.CC/C=C\C/C=C\C/C=C\C/C=C\C/C=C\CCCCCC(=O)OCC(O)CO.CCCCC/C=C\C/C=C\C/C=C\C/C=C\C/C=C\CCC(=O)OCC(O)CO. The Kier molecular flexibility index (Phi) is 101. The van der Waals surface area contributed by atoms with E-state index in [1.807, 2.05) is 24.3 Å². The zero-order chi connectivity index (χ0) is 85.0. The second kappa shape index (κ2) is 102. The summed E-state index contributed by atoms with van der Waals surface area (Å²) in [5, 5.41) is 71.1. The molecule has 16 nitrogen and oxygen atoms in total. The fraction of sp³-hybridized carbons (Fsp3) is 0.535. The minimum absolute atomic E-state index is 0.0406. The van der Waals surface area contributed by atoms with E-state index in [1.165, 1.54) is 25.7 Å². The third-order valence-corrected chi connectivity index (χ3v) is 15.7. The van der Waals surface area contributed by atoms with Gasteiger partial charge in [-0.05, 0) is 193 Å². The number of allylic oxidation sites excluding steroid dienone is 42. The van der Waals surface area contributed by atoms with Crippen LogP contribution >= 0.6 is 0 Å². The molecule has 0 saturated heterocycles. The summed E-state index contributed by atoms with van der Waals surface area (Å²) in [7, 11) is 0. The molecular weight excluding hydrogens is 1450 g/mol.